The Hall–Kier alpha value is -5.98. The molecule has 6 rings (SSSR count). The standard InChI is InChI=1S/2C24H23NO4.Ca.H2O/c2*1-17-10-12-20(13-11-17)23(26)22-9-5-15-25(22)14-4-7-19-6-3-8-21(16-19)29-18(2)24(27)28;;/h2*3-13,15-16,18H,14H2,1-2H3,(H,27,28);;1H2/q;;+2;/p-2/b2*7-4+;;/t2*18-;;/m00../s1. The first kappa shape index (κ1) is 48.4. The van der Waals surface area contributed by atoms with Crippen LogP contribution in [0.15, 0.2) is 146 Å². The number of nitrogens with zero attached hydrogens (tertiary/aromatic N) is 2. The summed E-state index contributed by atoms with van der Waals surface area (Å²) < 4.78 is 14.4. The van der Waals surface area contributed by atoms with E-state index in [0.29, 0.717) is 47.1 Å². The Balaban J connectivity index is 0.000000310. The summed E-state index contributed by atoms with van der Waals surface area (Å²) in [5, 5.41) is 21.6. The van der Waals surface area contributed by atoms with Crippen molar-refractivity contribution in [3.05, 3.63) is 191 Å². The topological polar surface area (TPSA) is 174 Å². The van der Waals surface area contributed by atoms with Gasteiger partial charge in [0.2, 0.25) is 11.6 Å². The van der Waals surface area contributed by atoms with Crippen LogP contribution in [0.1, 0.15) is 68.2 Å². The van der Waals surface area contributed by atoms with Gasteiger partial charge in [-0.1, -0.05) is 108 Å². The minimum atomic E-state index is -1.26. The molecule has 11 nitrogen and oxygen atoms in total. The van der Waals surface area contributed by atoms with Crippen LogP contribution in [0, 0.1) is 13.8 Å². The SMILES string of the molecule is Cc1ccc(C(=O)c2cccn2C/C=C/c2cccc(O[C@@H](C)C(=O)[O-])c2)cc1.Cc1ccc(C(=O)c2cccn2C/C=C/c2cccc(O[C@@H](C)C(=O)[O-])c2)cc1.O.[Ca+2]. The van der Waals surface area contributed by atoms with E-state index in [2.05, 4.69) is 0 Å². The average molecular weight is 835 g/mol. The summed E-state index contributed by atoms with van der Waals surface area (Å²) in [6, 6.07) is 36.6. The molecule has 12 heteroatoms. The maximum Gasteiger partial charge on any atom is 2.00 e. The van der Waals surface area contributed by atoms with Crippen LogP contribution < -0.4 is 19.7 Å². The Bertz CT molecular complexity index is 2240. The van der Waals surface area contributed by atoms with Crippen LogP contribution in [0.4, 0.5) is 0 Å². The number of rotatable bonds is 16. The van der Waals surface area contributed by atoms with Gasteiger partial charge in [0, 0.05) is 36.6 Å². The van der Waals surface area contributed by atoms with Gasteiger partial charge in [0.05, 0.1) is 23.3 Å². The van der Waals surface area contributed by atoms with Gasteiger partial charge in [-0.15, -0.1) is 0 Å². The van der Waals surface area contributed by atoms with Gasteiger partial charge in [0.15, 0.2) is 0 Å². The van der Waals surface area contributed by atoms with Crippen LogP contribution in [0.25, 0.3) is 12.2 Å². The van der Waals surface area contributed by atoms with Crippen LogP contribution in [0.2, 0.25) is 0 Å². The second-order valence-electron chi connectivity index (χ2n) is 13.6. The second-order valence-corrected chi connectivity index (χ2v) is 13.6. The first-order valence-electron chi connectivity index (χ1n) is 18.7. The summed E-state index contributed by atoms with van der Waals surface area (Å²) in [5.41, 5.74) is 6.52. The largest absolute Gasteiger partial charge is 2.00 e. The molecule has 0 amide bonds. The Morgan fingerprint density at radius 3 is 1.28 bits per heavy atom. The first-order valence-corrected chi connectivity index (χ1v) is 18.7. The van der Waals surface area contributed by atoms with Crippen molar-refractivity contribution in [3.63, 3.8) is 0 Å². The van der Waals surface area contributed by atoms with E-state index >= 15 is 0 Å². The molecule has 0 saturated heterocycles. The normalized spacial score (nSPS) is 11.7. The fraction of sp³-hybridized carbons (Fsp3) is 0.167. The minimum absolute atomic E-state index is 0. The van der Waals surface area contributed by atoms with Gasteiger partial charge in [0.25, 0.3) is 0 Å². The molecule has 0 aliphatic carbocycles. The van der Waals surface area contributed by atoms with Crippen LogP contribution in [-0.2, 0) is 22.7 Å². The van der Waals surface area contributed by atoms with Crippen molar-refractivity contribution in [2.24, 2.45) is 0 Å². The number of ketones is 2. The number of allylic oxidation sites excluding steroid dienone is 2. The zero-order chi connectivity index (χ0) is 41.6. The van der Waals surface area contributed by atoms with Gasteiger partial charge in [0.1, 0.15) is 23.7 Å². The minimum Gasteiger partial charge on any atom is -0.546 e. The molecule has 304 valence electrons. The molecule has 0 aliphatic rings. The van der Waals surface area contributed by atoms with E-state index in [9.17, 15) is 29.4 Å². The van der Waals surface area contributed by atoms with Crippen molar-refractivity contribution in [1.82, 2.24) is 9.13 Å². The Kier molecular flexibility index (Phi) is 19.0. The number of carboxylic acid groups (broad SMARTS) is 2. The van der Waals surface area contributed by atoms with Crippen LogP contribution in [-0.4, -0.2) is 88.1 Å². The molecule has 0 aliphatic heterocycles. The number of carboxylic acids is 2. The number of carbonyl (C=O) groups excluding carboxylic acids is 4. The van der Waals surface area contributed by atoms with Crippen LogP contribution >= 0.6 is 0 Å². The van der Waals surface area contributed by atoms with Gasteiger partial charge in [-0.3, -0.25) is 9.59 Å². The number of aliphatic carboxylic acids is 2. The number of ether oxygens (including phenoxy) is 2. The van der Waals surface area contributed by atoms with Crippen LogP contribution in [0.5, 0.6) is 11.5 Å². The molecule has 0 bridgehead atoms. The molecular formula is C48H46CaN2O9. The maximum atomic E-state index is 12.8. The molecule has 0 radical (unpaired) electrons. The molecule has 2 atom stereocenters. The fourth-order valence-electron chi connectivity index (χ4n) is 5.76. The van der Waals surface area contributed by atoms with Gasteiger partial charge in [-0.05, 0) is 87.4 Å². The molecule has 60 heavy (non-hydrogen) atoms. The number of aromatic nitrogens is 2. The maximum absolute atomic E-state index is 12.8. The predicted octanol–water partition coefficient (Wildman–Crippen LogP) is 5.31. The van der Waals surface area contributed by atoms with Crippen LogP contribution in [0.3, 0.4) is 0 Å². The molecule has 0 spiro atoms. The zero-order valence-corrected chi connectivity index (χ0v) is 36.2. The third-order valence-electron chi connectivity index (χ3n) is 8.98. The summed E-state index contributed by atoms with van der Waals surface area (Å²) in [5.74, 6) is -1.64. The van der Waals surface area contributed by atoms with Crippen molar-refractivity contribution < 1.29 is 44.3 Å². The molecule has 0 fully saturated rings. The molecule has 2 aromatic heterocycles. The van der Waals surface area contributed by atoms with Crippen molar-refractivity contribution in [2.45, 2.75) is 53.0 Å². The van der Waals surface area contributed by atoms with Crippen molar-refractivity contribution in [3.8, 4) is 11.5 Å². The van der Waals surface area contributed by atoms with Crippen molar-refractivity contribution >= 4 is 73.4 Å². The Labute approximate surface area is 379 Å². The number of hydrogen-bond donors (Lipinski definition) is 0. The number of benzene rings is 4. The van der Waals surface area contributed by atoms with E-state index in [1.165, 1.54) is 13.8 Å². The molecule has 4 aromatic carbocycles. The molecule has 0 saturated carbocycles. The number of aryl methyl sites for hydroxylation is 2. The van der Waals surface area contributed by atoms with E-state index in [1.54, 1.807) is 36.4 Å². The van der Waals surface area contributed by atoms with Crippen molar-refractivity contribution in [2.75, 3.05) is 0 Å². The predicted molar refractivity (Wildman–Crippen MR) is 229 cm³/mol. The third-order valence-corrected chi connectivity index (χ3v) is 8.98. The summed E-state index contributed by atoms with van der Waals surface area (Å²) in [6.45, 7) is 7.88. The fourth-order valence-corrected chi connectivity index (χ4v) is 5.76. The molecule has 2 heterocycles. The van der Waals surface area contributed by atoms with E-state index in [-0.39, 0.29) is 54.8 Å². The summed E-state index contributed by atoms with van der Waals surface area (Å²) >= 11 is 0. The quantitative estimate of drug-likeness (QED) is 0.0932. The zero-order valence-electron chi connectivity index (χ0n) is 33.9. The number of hydrogen-bond acceptors (Lipinski definition) is 8. The first-order chi connectivity index (χ1) is 27.9. The molecule has 6 aromatic rings. The smallest absolute Gasteiger partial charge is 0.546 e. The monoisotopic (exact) mass is 834 g/mol. The number of carbonyl (C=O) groups is 4. The van der Waals surface area contributed by atoms with Crippen molar-refractivity contribution in [1.29, 1.82) is 0 Å². The molecular weight excluding hydrogens is 789 g/mol. The van der Waals surface area contributed by atoms with E-state index < -0.39 is 24.1 Å². The third kappa shape index (κ3) is 14.1. The summed E-state index contributed by atoms with van der Waals surface area (Å²) in [7, 11) is 0. The average Bonchev–Trinajstić information content (AvgIpc) is 3.88. The van der Waals surface area contributed by atoms with Gasteiger partial charge in [-0.2, -0.15) is 0 Å². The van der Waals surface area contributed by atoms with E-state index in [4.69, 9.17) is 9.47 Å². The Morgan fingerprint density at radius 2 is 0.933 bits per heavy atom. The van der Waals surface area contributed by atoms with Gasteiger partial charge < -0.3 is 43.9 Å². The van der Waals surface area contributed by atoms with Gasteiger partial charge in [-0.25, -0.2) is 0 Å². The molecule has 0 unspecified atom stereocenters. The summed E-state index contributed by atoms with van der Waals surface area (Å²) in [6.07, 6.45) is 9.36. The summed E-state index contributed by atoms with van der Waals surface area (Å²) in [4.78, 5) is 47.2. The Morgan fingerprint density at radius 1 is 0.567 bits per heavy atom. The second kappa shape index (κ2) is 23.6. The van der Waals surface area contributed by atoms with E-state index in [0.717, 1.165) is 22.3 Å². The van der Waals surface area contributed by atoms with E-state index in [1.807, 2.05) is 145 Å². The van der Waals surface area contributed by atoms with Gasteiger partial charge >= 0.3 is 37.7 Å². The molecule has 2 N–H and O–H groups in total.